The second-order valence-electron chi connectivity index (χ2n) is 7.40. The molecule has 0 spiro atoms. The monoisotopic (exact) mass is 540 g/mol. The molecular formula is C28H18Br2N2. The molecule has 0 unspecified atom stereocenters. The third-order valence-electron chi connectivity index (χ3n) is 5.37. The maximum Gasteiger partial charge on any atom is 0.0717 e. The third kappa shape index (κ3) is 4.29. The van der Waals surface area contributed by atoms with Crippen LogP contribution in [0.1, 0.15) is 0 Å². The first-order chi connectivity index (χ1) is 15.7. The summed E-state index contributed by atoms with van der Waals surface area (Å²) >= 11 is 7.23. The number of benzene rings is 3. The van der Waals surface area contributed by atoms with E-state index in [0.29, 0.717) is 0 Å². The molecule has 0 aliphatic heterocycles. The number of halogens is 2. The van der Waals surface area contributed by atoms with E-state index < -0.39 is 0 Å². The first-order valence-electron chi connectivity index (χ1n) is 10.2. The van der Waals surface area contributed by atoms with E-state index in [-0.39, 0.29) is 0 Å². The summed E-state index contributed by atoms with van der Waals surface area (Å²) in [5, 5.41) is 0. The van der Waals surface area contributed by atoms with Crippen molar-refractivity contribution < 1.29 is 0 Å². The van der Waals surface area contributed by atoms with Gasteiger partial charge in [0.25, 0.3) is 0 Å². The van der Waals surface area contributed by atoms with Crippen LogP contribution in [0.4, 0.5) is 0 Å². The normalized spacial score (nSPS) is 10.8. The lowest BCUT2D eigenvalue weighted by Crippen LogP contribution is -1.89. The van der Waals surface area contributed by atoms with E-state index in [1.807, 2.05) is 54.9 Å². The molecule has 2 nitrogen and oxygen atoms in total. The van der Waals surface area contributed by atoms with Gasteiger partial charge < -0.3 is 0 Å². The molecule has 0 bridgehead atoms. The SMILES string of the molecule is Brc1ccccc1-c1ccc(-c2ccc(-c3ccc(-c4ccccc4Br)cn3)cn2)cc1. The van der Waals surface area contributed by atoms with Gasteiger partial charge in [-0.2, -0.15) is 0 Å². The predicted molar refractivity (Wildman–Crippen MR) is 139 cm³/mol. The Morgan fingerprint density at radius 2 is 0.844 bits per heavy atom. The van der Waals surface area contributed by atoms with Gasteiger partial charge in [0.05, 0.1) is 11.4 Å². The average Bonchev–Trinajstić information content (AvgIpc) is 2.85. The zero-order valence-electron chi connectivity index (χ0n) is 17.0. The molecule has 0 amide bonds. The Hall–Kier alpha value is -3.08. The Morgan fingerprint density at radius 1 is 0.406 bits per heavy atom. The summed E-state index contributed by atoms with van der Waals surface area (Å²) in [4.78, 5) is 9.34. The number of aromatic nitrogens is 2. The van der Waals surface area contributed by atoms with Crippen molar-refractivity contribution in [2.45, 2.75) is 0 Å². The van der Waals surface area contributed by atoms with Crippen molar-refractivity contribution >= 4 is 31.9 Å². The largest absolute Gasteiger partial charge is 0.256 e. The lowest BCUT2D eigenvalue weighted by molar-refractivity contribution is 1.28. The van der Waals surface area contributed by atoms with Gasteiger partial charge in [-0.1, -0.05) is 98.6 Å². The second kappa shape index (κ2) is 9.19. The van der Waals surface area contributed by atoms with Crippen LogP contribution in [-0.4, -0.2) is 9.97 Å². The van der Waals surface area contributed by atoms with Gasteiger partial charge in [-0.25, -0.2) is 0 Å². The van der Waals surface area contributed by atoms with E-state index in [1.165, 1.54) is 11.1 Å². The van der Waals surface area contributed by atoms with Crippen LogP contribution in [0.5, 0.6) is 0 Å². The lowest BCUT2D eigenvalue weighted by atomic mass is 10.0. The van der Waals surface area contributed by atoms with Crippen molar-refractivity contribution in [2.24, 2.45) is 0 Å². The standard InChI is InChI=1S/C28H18Br2N2/c29-25-7-3-1-5-23(25)19-9-11-20(12-10-19)27-16-14-22(18-32-27)28-15-13-21(17-31-28)24-6-2-4-8-26(24)30/h1-18H. The van der Waals surface area contributed by atoms with Crippen LogP contribution < -0.4 is 0 Å². The zero-order chi connectivity index (χ0) is 21.9. The number of nitrogens with zero attached hydrogens (tertiary/aromatic N) is 2. The van der Waals surface area contributed by atoms with E-state index in [2.05, 4.69) is 96.4 Å². The highest BCUT2D eigenvalue weighted by molar-refractivity contribution is 9.11. The quantitative estimate of drug-likeness (QED) is 0.227. The van der Waals surface area contributed by atoms with Gasteiger partial charge in [0, 0.05) is 38.0 Å². The Labute approximate surface area is 204 Å². The molecule has 3 aromatic carbocycles. The molecule has 2 heterocycles. The van der Waals surface area contributed by atoms with Gasteiger partial charge in [-0.05, 0) is 47.0 Å². The molecule has 0 aliphatic rings. The molecule has 0 fully saturated rings. The van der Waals surface area contributed by atoms with Crippen molar-refractivity contribution in [1.82, 2.24) is 9.97 Å². The van der Waals surface area contributed by atoms with E-state index in [4.69, 9.17) is 0 Å². The molecule has 0 aliphatic carbocycles. The Kier molecular flexibility index (Phi) is 5.97. The minimum absolute atomic E-state index is 0.907. The van der Waals surface area contributed by atoms with Crippen molar-refractivity contribution in [2.75, 3.05) is 0 Å². The van der Waals surface area contributed by atoms with Crippen LogP contribution in [0, 0.1) is 0 Å². The predicted octanol–water partition coefficient (Wildman–Crippen LogP) is 8.67. The highest BCUT2D eigenvalue weighted by Gasteiger charge is 2.07. The molecular weight excluding hydrogens is 524 g/mol. The fraction of sp³-hybridized carbons (Fsp3) is 0. The van der Waals surface area contributed by atoms with E-state index in [0.717, 1.165) is 42.6 Å². The van der Waals surface area contributed by atoms with Crippen LogP contribution in [0.15, 0.2) is 118 Å². The number of pyridine rings is 2. The Balaban J connectivity index is 1.36. The van der Waals surface area contributed by atoms with E-state index >= 15 is 0 Å². The average molecular weight is 542 g/mol. The van der Waals surface area contributed by atoms with Crippen LogP contribution in [0.2, 0.25) is 0 Å². The van der Waals surface area contributed by atoms with Crippen LogP contribution in [0.3, 0.4) is 0 Å². The van der Waals surface area contributed by atoms with Crippen molar-refractivity contribution in [1.29, 1.82) is 0 Å². The van der Waals surface area contributed by atoms with Crippen LogP contribution in [0.25, 0.3) is 44.8 Å². The van der Waals surface area contributed by atoms with Gasteiger partial charge in [-0.15, -0.1) is 0 Å². The molecule has 5 rings (SSSR count). The fourth-order valence-electron chi connectivity index (χ4n) is 3.65. The lowest BCUT2D eigenvalue weighted by Gasteiger charge is -2.08. The second-order valence-corrected chi connectivity index (χ2v) is 9.11. The molecule has 4 heteroatoms. The van der Waals surface area contributed by atoms with Gasteiger partial charge in [0.2, 0.25) is 0 Å². The summed E-state index contributed by atoms with van der Waals surface area (Å²) in [5.74, 6) is 0. The third-order valence-corrected chi connectivity index (χ3v) is 6.76. The zero-order valence-corrected chi connectivity index (χ0v) is 20.2. The van der Waals surface area contributed by atoms with Crippen LogP contribution in [-0.2, 0) is 0 Å². The molecule has 5 aromatic rings. The van der Waals surface area contributed by atoms with Gasteiger partial charge in [0.15, 0.2) is 0 Å². The van der Waals surface area contributed by atoms with Crippen molar-refractivity contribution in [3.8, 4) is 44.8 Å². The molecule has 0 saturated heterocycles. The fourth-order valence-corrected chi connectivity index (χ4v) is 4.68. The molecule has 0 atom stereocenters. The Bertz CT molecular complexity index is 1250. The first-order valence-corrected chi connectivity index (χ1v) is 11.8. The molecule has 2 aromatic heterocycles. The Morgan fingerprint density at radius 3 is 1.38 bits per heavy atom. The molecule has 0 radical (unpaired) electrons. The minimum Gasteiger partial charge on any atom is -0.256 e. The number of hydrogen-bond acceptors (Lipinski definition) is 2. The summed E-state index contributed by atoms with van der Waals surface area (Å²) < 4.78 is 2.15. The highest BCUT2D eigenvalue weighted by atomic mass is 79.9. The van der Waals surface area contributed by atoms with Gasteiger partial charge in [-0.3, -0.25) is 9.97 Å². The van der Waals surface area contributed by atoms with E-state index in [9.17, 15) is 0 Å². The maximum absolute atomic E-state index is 4.68. The molecule has 154 valence electrons. The van der Waals surface area contributed by atoms with Crippen molar-refractivity contribution in [3.05, 3.63) is 118 Å². The number of hydrogen-bond donors (Lipinski definition) is 0. The maximum atomic E-state index is 4.68. The smallest absolute Gasteiger partial charge is 0.0717 e. The first kappa shape index (κ1) is 20.8. The highest BCUT2D eigenvalue weighted by Crippen LogP contribution is 2.31. The van der Waals surface area contributed by atoms with Gasteiger partial charge >= 0.3 is 0 Å². The van der Waals surface area contributed by atoms with E-state index in [1.54, 1.807) is 0 Å². The molecule has 32 heavy (non-hydrogen) atoms. The number of rotatable bonds is 4. The summed E-state index contributed by atoms with van der Waals surface area (Å²) in [6, 6.07) is 33.1. The molecule has 0 saturated carbocycles. The summed E-state index contributed by atoms with van der Waals surface area (Å²) in [5.41, 5.74) is 8.50. The van der Waals surface area contributed by atoms with Crippen molar-refractivity contribution in [3.63, 3.8) is 0 Å². The molecule has 0 N–H and O–H groups in total. The topological polar surface area (TPSA) is 25.8 Å². The summed E-state index contributed by atoms with van der Waals surface area (Å²) in [6.45, 7) is 0. The summed E-state index contributed by atoms with van der Waals surface area (Å²) in [6.07, 6.45) is 3.79. The van der Waals surface area contributed by atoms with Crippen LogP contribution >= 0.6 is 31.9 Å². The minimum atomic E-state index is 0.907. The summed E-state index contributed by atoms with van der Waals surface area (Å²) in [7, 11) is 0. The van der Waals surface area contributed by atoms with Gasteiger partial charge in [0.1, 0.15) is 0 Å².